The van der Waals surface area contributed by atoms with Gasteiger partial charge in [0.15, 0.2) is 23.0 Å². The third kappa shape index (κ3) is 4.15. The molecule has 0 saturated carbocycles. The third-order valence-corrected chi connectivity index (χ3v) is 6.54. The molecule has 1 atom stereocenters. The number of rotatable bonds is 6. The maximum atomic E-state index is 13.5. The predicted molar refractivity (Wildman–Crippen MR) is 139 cm³/mol. The van der Waals surface area contributed by atoms with Gasteiger partial charge in [-0.1, -0.05) is 12.1 Å². The van der Waals surface area contributed by atoms with Gasteiger partial charge in [0.05, 0.1) is 32.9 Å². The Bertz CT molecular complexity index is 1440. The number of nitrogens with zero attached hydrogens (tertiary/aromatic N) is 1. The quantitative estimate of drug-likeness (QED) is 0.291. The Morgan fingerprint density at radius 3 is 2.21 bits per heavy atom. The van der Waals surface area contributed by atoms with Gasteiger partial charge < -0.3 is 28.8 Å². The Morgan fingerprint density at radius 2 is 1.58 bits per heavy atom. The minimum Gasteiger partial charge on any atom is -0.507 e. The van der Waals surface area contributed by atoms with Gasteiger partial charge in [-0.3, -0.25) is 14.5 Å². The van der Waals surface area contributed by atoms with E-state index in [2.05, 4.69) is 0 Å². The molecule has 1 unspecified atom stereocenters. The lowest BCUT2D eigenvalue weighted by molar-refractivity contribution is -0.132. The predicted octanol–water partition coefficient (Wildman–Crippen LogP) is 4.42. The standard InChI is InChI=1S/C29H27NO8/c1-16-6-5-7-19(12-16)30-25(18-14-22(34-2)28(36-4)23(15-18)35-3)24(27(32)29(30)33)26(31)17-8-9-20-21(13-17)38-11-10-37-20/h5-9,12-15,25,31H,10-11H2,1-4H3/b26-24+. The van der Waals surface area contributed by atoms with Crippen LogP contribution in [0.2, 0.25) is 0 Å². The molecular formula is C29H27NO8. The van der Waals surface area contributed by atoms with Crippen molar-refractivity contribution in [3.05, 3.63) is 76.9 Å². The molecule has 0 bridgehead atoms. The van der Waals surface area contributed by atoms with Crippen molar-refractivity contribution in [2.45, 2.75) is 13.0 Å². The summed E-state index contributed by atoms with van der Waals surface area (Å²) >= 11 is 0. The van der Waals surface area contributed by atoms with Crippen LogP contribution in [0.1, 0.15) is 22.7 Å². The molecule has 1 saturated heterocycles. The van der Waals surface area contributed by atoms with Gasteiger partial charge in [-0.05, 0) is 60.5 Å². The van der Waals surface area contributed by atoms with Crippen LogP contribution in [0.5, 0.6) is 28.7 Å². The summed E-state index contributed by atoms with van der Waals surface area (Å²) in [6.45, 7) is 2.67. The topological polar surface area (TPSA) is 104 Å². The fourth-order valence-corrected chi connectivity index (χ4v) is 4.80. The van der Waals surface area contributed by atoms with Gasteiger partial charge in [0, 0.05) is 11.3 Å². The minimum atomic E-state index is -0.987. The van der Waals surface area contributed by atoms with E-state index in [1.807, 2.05) is 13.0 Å². The summed E-state index contributed by atoms with van der Waals surface area (Å²) in [4.78, 5) is 28.4. The lowest BCUT2D eigenvalue weighted by Gasteiger charge is -2.27. The fraction of sp³-hybridized carbons (Fsp3) is 0.241. The van der Waals surface area contributed by atoms with Crippen molar-refractivity contribution >= 4 is 23.1 Å². The Hall–Kier alpha value is -4.66. The smallest absolute Gasteiger partial charge is 0.300 e. The summed E-state index contributed by atoms with van der Waals surface area (Å²) in [7, 11) is 4.45. The molecule has 0 aliphatic carbocycles. The fourth-order valence-electron chi connectivity index (χ4n) is 4.80. The number of aliphatic hydroxyl groups is 1. The van der Waals surface area contributed by atoms with Crippen LogP contribution in [0, 0.1) is 6.92 Å². The first-order valence-corrected chi connectivity index (χ1v) is 12.0. The van der Waals surface area contributed by atoms with Crippen LogP contribution < -0.4 is 28.6 Å². The summed E-state index contributed by atoms with van der Waals surface area (Å²) in [5.41, 5.74) is 2.13. The number of Topliss-reactive ketones (excluding diaryl/α,β-unsaturated/α-hetero) is 1. The number of hydrogen-bond donors (Lipinski definition) is 1. The molecule has 1 amide bonds. The van der Waals surface area contributed by atoms with E-state index >= 15 is 0 Å². The highest BCUT2D eigenvalue weighted by Crippen LogP contribution is 2.47. The van der Waals surface area contributed by atoms with E-state index in [0.717, 1.165) is 5.56 Å². The van der Waals surface area contributed by atoms with E-state index in [9.17, 15) is 14.7 Å². The van der Waals surface area contributed by atoms with Crippen molar-refractivity contribution in [2.75, 3.05) is 39.4 Å². The first kappa shape index (κ1) is 25.0. The normalized spacial score (nSPS) is 17.9. The van der Waals surface area contributed by atoms with Crippen LogP contribution in [-0.4, -0.2) is 51.3 Å². The minimum absolute atomic E-state index is 0.0811. The molecule has 2 aliphatic heterocycles. The Balaban J connectivity index is 1.75. The number of anilines is 1. The van der Waals surface area contributed by atoms with Gasteiger partial charge in [-0.2, -0.15) is 0 Å². The highest BCUT2D eigenvalue weighted by Gasteiger charge is 2.47. The van der Waals surface area contributed by atoms with E-state index in [1.165, 1.54) is 26.2 Å². The number of aliphatic hydroxyl groups excluding tert-OH is 1. The summed E-state index contributed by atoms with van der Waals surface area (Å²) in [5, 5.41) is 11.5. The van der Waals surface area contributed by atoms with E-state index in [0.29, 0.717) is 58.8 Å². The zero-order valence-electron chi connectivity index (χ0n) is 21.4. The van der Waals surface area contributed by atoms with Gasteiger partial charge in [0.2, 0.25) is 5.75 Å². The molecule has 9 nitrogen and oxygen atoms in total. The first-order valence-electron chi connectivity index (χ1n) is 12.0. The average molecular weight is 518 g/mol. The van der Waals surface area contributed by atoms with Crippen molar-refractivity contribution in [3.63, 3.8) is 0 Å². The van der Waals surface area contributed by atoms with Crippen molar-refractivity contribution in [2.24, 2.45) is 0 Å². The number of ketones is 1. The Kier molecular flexibility index (Phi) is 6.59. The Labute approximate surface area is 219 Å². The molecule has 1 fully saturated rings. The monoisotopic (exact) mass is 517 g/mol. The van der Waals surface area contributed by atoms with Crippen LogP contribution in [0.3, 0.4) is 0 Å². The Morgan fingerprint density at radius 1 is 0.895 bits per heavy atom. The summed E-state index contributed by atoms with van der Waals surface area (Å²) < 4.78 is 27.8. The van der Waals surface area contributed by atoms with Crippen molar-refractivity contribution in [1.82, 2.24) is 0 Å². The molecular weight excluding hydrogens is 490 g/mol. The molecule has 38 heavy (non-hydrogen) atoms. The number of fused-ring (bicyclic) bond motifs is 1. The summed E-state index contributed by atoms with van der Waals surface area (Å²) in [5.74, 6) is 0.0946. The largest absolute Gasteiger partial charge is 0.507 e. The SMILES string of the molecule is COc1cc(C2/C(=C(\O)c3ccc4c(c3)OCCO4)C(=O)C(=O)N2c2cccc(C)c2)cc(OC)c1OC. The number of carbonyl (C=O) groups excluding carboxylic acids is 2. The maximum Gasteiger partial charge on any atom is 0.300 e. The zero-order valence-corrected chi connectivity index (χ0v) is 21.4. The number of hydrogen-bond acceptors (Lipinski definition) is 8. The van der Waals surface area contributed by atoms with Crippen LogP contribution in [-0.2, 0) is 9.59 Å². The second kappa shape index (κ2) is 10.0. The molecule has 0 spiro atoms. The van der Waals surface area contributed by atoms with Gasteiger partial charge >= 0.3 is 0 Å². The average Bonchev–Trinajstić information content (AvgIpc) is 3.21. The van der Waals surface area contributed by atoms with Crippen molar-refractivity contribution in [3.8, 4) is 28.7 Å². The van der Waals surface area contributed by atoms with E-state index in [-0.39, 0.29) is 11.3 Å². The second-order valence-electron chi connectivity index (χ2n) is 8.83. The molecule has 3 aromatic carbocycles. The third-order valence-electron chi connectivity index (χ3n) is 6.54. The lowest BCUT2D eigenvalue weighted by atomic mass is 9.94. The maximum absolute atomic E-state index is 13.5. The molecule has 5 rings (SSSR count). The van der Waals surface area contributed by atoms with Gasteiger partial charge in [0.1, 0.15) is 19.0 Å². The van der Waals surface area contributed by atoms with Crippen LogP contribution in [0.25, 0.3) is 5.76 Å². The molecule has 196 valence electrons. The lowest BCUT2D eigenvalue weighted by Crippen LogP contribution is -2.29. The number of amides is 1. The van der Waals surface area contributed by atoms with Crippen molar-refractivity contribution in [1.29, 1.82) is 0 Å². The number of carbonyl (C=O) groups is 2. The number of ether oxygens (including phenoxy) is 5. The highest BCUT2D eigenvalue weighted by atomic mass is 16.6. The van der Waals surface area contributed by atoms with Crippen molar-refractivity contribution < 1.29 is 38.4 Å². The summed E-state index contributed by atoms with van der Waals surface area (Å²) in [6, 6.07) is 14.5. The highest BCUT2D eigenvalue weighted by molar-refractivity contribution is 6.51. The van der Waals surface area contributed by atoms with E-state index < -0.39 is 17.7 Å². The first-order chi connectivity index (χ1) is 18.4. The summed E-state index contributed by atoms with van der Waals surface area (Å²) in [6.07, 6.45) is 0. The number of aryl methyl sites for hydroxylation is 1. The second-order valence-corrected chi connectivity index (χ2v) is 8.83. The van der Waals surface area contributed by atoms with Crippen LogP contribution >= 0.6 is 0 Å². The van der Waals surface area contributed by atoms with E-state index in [1.54, 1.807) is 48.5 Å². The molecule has 0 radical (unpaired) electrons. The van der Waals surface area contributed by atoms with Gasteiger partial charge in [-0.15, -0.1) is 0 Å². The van der Waals surface area contributed by atoms with Crippen LogP contribution in [0.4, 0.5) is 5.69 Å². The van der Waals surface area contributed by atoms with Gasteiger partial charge in [0.25, 0.3) is 11.7 Å². The van der Waals surface area contributed by atoms with E-state index in [4.69, 9.17) is 23.7 Å². The molecule has 3 aromatic rings. The molecule has 0 aromatic heterocycles. The van der Waals surface area contributed by atoms with Crippen LogP contribution in [0.15, 0.2) is 60.2 Å². The number of benzene rings is 3. The molecule has 2 heterocycles. The van der Waals surface area contributed by atoms with Gasteiger partial charge in [-0.25, -0.2) is 0 Å². The zero-order chi connectivity index (χ0) is 27.0. The molecule has 1 N–H and O–H groups in total. The molecule has 2 aliphatic rings. The number of methoxy groups -OCH3 is 3. The molecule has 9 heteroatoms.